The molecule has 24 heavy (non-hydrogen) atoms. The Morgan fingerprint density at radius 1 is 0.875 bits per heavy atom. The summed E-state index contributed by atoms with van der Waals surface area (Å²) in [5.41, 5.74) is 5.06. The Morgan fingerprint density at radius 3 is 2.08 bits per heavy atom. The van der Waals surface area contributed by atoms with Crippen LogP contribution in [0.5, 0.6) is 0 Å². The zero-order valence-electron chi connectivity index (χ0n) is 12.9. The SMILES string of the molecule is O=C(ON=C1c2ccccc2CCc2ccccc21)c1ccco1. The van der Waals surface area contributed by atoms with E-state index in [1.165, 1.54) is 17.4 Å². The Labute approximate surface area is 139 Å². The van der Waals surface area contributed by atoms with Crippen LogP contribution in [0.3, 0.4) is 0 Å². The van der Waals surface area contributed by atoms with Gasteiger partial charge in [-0.2, -0.15) is 0 Å². The molecule has 1 heterocycles. The van der Waals surface area contributed by atoms with Gasteiger partial charge in [0.15, 0.2) is 0 Å². The molecular formula is C20H15NO3. The van der Waals surface area contributed by atoms with Crippen molar-refractivity contribution in [3.05, 3.63) is 94.9 Å². The van der Waals surface area contributed by atoms with Crippen LogP contribution in [0.4, 0.5) is 0 Å². The fourth-order valence-electron chi connectivity index (χ4n) is 2.98. The summed E-state index contributed by atoms with van der Waals surface area (Å²) in [6.45, 7) is 0. The average Bonchev–Trinajstić information content (AvgIpc) is 3.11. The fourth-order valence-corrected chi connectivity index (χ4v) is 2.98. The van der Waals surface area contributed by atoms with Crippen LogP contribution in [0.1, 0.15) is 32.8 Å². The fraction of sp³-hybridized carbons (Fsp3) is 0.100. The third kappa shape index (κ3) is 2.63. The summed E-state index contributed by atoms with van der Waals surface area (Å²) in [6.07, 6.45) is 3.29. The first-order valence-corrected chi connectivity index (χ1v) is 7.82. The molecule has 0 amide bonds. The van der Waals surface area contributed by atoms with E-state index in [1.807, 2.05) is 36.4 Å². The highest BCUT2D eigenvalue weighted by atomic mass is 16.7. The quantitative estimate of drug-likeness (QED) is 0.530. The molecule has 4 heteroatoms. The van der Waals surface area contributed by atoms with Crippen LogP contribution in [0.2, 0.25) is 0 Å². The molecule has 0 unspecified atom stereocenters. The minimum Gasteiger partial charge on any atom is -0.457 e. The molecule has 0 aliphatic heterocycles. The highest BCUT2D eigenvalue weighted by molar-refractivity contribution is 6.15. The van der Waals surface area contributed by atoms with E-state index >= 15 is 0 Å². The number of nitrogens with zero attached hydrogens (tertiary/aromatic N) is 1. The van der Waals surface area contributed by atoms with Crippen molar-refractivity contribution in [1.82, 2.24) is 0 Å². The van der Waals surface area contributed by atoms with Gasteiger partial charge in [-0.05, 0) is 36.1 Å². The summed E-state index contributed by atoms with van der Waals surface area (Å²) in [7, 11) is 0. The smallest absolute Gasteiger partial charge is 0.400 e. The Hall–Kier alpha value is -3.14. The first kappa shape index (κ1) is 14.5. The third-order valence-electron chi connectivity index (χ3n) is 4.15. The number of oxime groups is 1. The van der Waals surface area contributed by atoms with Crippen LogP contribution < -0.4 is 0 Å². The lowest BCUT2D eigenvalue weighted by atomic mass is 9.98. The molecule has 0 spiro atoms. The molecule has 0 N–H and O–H groups in total. The number of furan rings is 1. The Bertz CT molecular complexity index is 861. The van der Waals surface area contributed by atoms with E-state index in [-0.39, 0.29) is 5.76 Å². The highest BCUT2D eigenvalue weighted by Gasteiger charge is 2.20. The summed E-state index contributed by atoms with van der Waals surface area (Å²) in [4.78, 5) is 17.2. The van der Waals surface area contributed by atoms with Crippen LogP contribution in [-0.4, -0.2) is 11.7 Å². The molecule has 0 saturated carbocycles. The zero-order valence-corrected chi connectivity index (χ0v) is 12.9. The van der Waals surface area contributed by atoms with Gasteiger partial charge in [0, 0.05) is 11.1 Å². The second-order valence-electron chi connectivity index (χ2n) is 5.61. The zero-order chi connectivity index (χ0) is 16.4. The summed E-state index contributed by atoms with van der Waals surface area (Å²) in [6, 6.07) is 19.4. The van der Waals surface area contributed by atoms with E-state index in [4.69, 9.17) is 9.25 Å². The topological polar surface area (TPSA) is 51.8 Å². The lowest BCUT2D eigenvalue weighted by Crippen LogP contribution is -2.09. The van der Waals surface area contributed by atoms with Gasteiger partial charge in [-0.15, -0.1) is 0 Å². The van der Waals surface area contributed by atoms with Gasteiger partial charge in [-0.3, -0.25) is 0 Å². The number of aryl methyl sites for hydroxylation is 2. The van der Waals surface area contributed by atoms with Gasteiger partial charge < -0.3 is 9.25 Å². The molecule has 0 radical (unpaired) electrons. The van der Waals surface area contributed by atoms with Crippen LogP contribution >= 0.6 is 0 Å². The minimum atomic E-state index is -0.605. The first-order chi connectivity index (χ1) is 11.8. The maximum atomic E-state index is 12.0. The number of benzene rings is 2. The molecule has 0 bridgehead atoms. The van der Waals surface area contributed by atoms with Crippen molar-refractivity contribution < 1.29 is 14.0 Å². The molecule has 118 valence electrons. The second-order valence-corrected chi connectivity index (χ2v) is 5.61. The van der Waals surface area contributed by atoms with Crippen molar-refractivity contribution in [2.24, 2.45) is 5.16 Å². The van der Waals surface area contributed by atoms with Crippen molar-refractivity contribution in [2.45, 2.75) is 12.8 Å². The summed E-state index contributed by atoms with van der Waals surface area (Å²) in [5.74, 6) is -0.471. The van der Waals surface area contributed by atoms with Crippen LogP contribution in [-0.2, 0) is 17.7 Å². The molecule has 0 fully saturated rings. The van der Waals surface area contributed by atoms with Gasteiger partial charge >= 0.3 is 5.97 Å². The van der Waals surface area contributed by atoms with E-state index in [0.717, 1.165) is 24.0 Å². The Morgan fingerprint density at radius 2 is 1.50 bits per heavy atom. The molecule has 2 aromatic carbocycles. The van der Waals surface area contributed by atoms with Crippen molar-refractivity contribution in [3.8, 4) is 0 Å². The Kier molecular flexibility index (Phi) is 3.71. The van der Waals surface area contributed by atoms with Crippen molar-refractivity contribution in [1.29, 1.82) is 0 Å². The van der Waals surface area contributed by atoms with Crippen LogP contribution in [0.15, 0.2) is 76.5 Å². The van der Waals surface area contributed by atoms with Crippen LogP contribution in [0, 0.1) is 0 Å². The lowest BCUT2D eigenvalue weighted by molar-refractivity contribution is 0.0480. The third-order valence-corrected chi connectivity index (χ3v) is 4.15. The second kappa shape index (κ2) is 6.16. The van der Waals surface area contributed by atoms with E-state index in [2.05, 4.69) is 17.3 Å². The van der Waals surface area contributed by atoms with E-state index in [0.29, 0.717) is 5.71 Å². The average molecular weight is 317 g/mol. The van der Waals surface area contributed by atoms with Gasteiger partial charge in [0.2, 0.25) is 5.76 Å². The summed E-state index contributed by atoms with van der Waals surface area (Å²) < 4.78 is 5.05. The first-order valence-electron chi connectivity index (χ1n) is 7.82. The van der Waals surface area contributed by atoms with Gasteiger partial charge in [0.1, 0.15) is 5.71 Å². The van der Waals surface area contributed by atoms with Crippen molar-refractivity contribution in [2.75, 3.05) is 0 Å². The van der Waals surface area contributed by atoms with E-state index < -0.39 is 5.97 Å². The molecule has 3 aromatic rings. The van der Waals surface area contributed by atoms with Gasteiger partial charge in [-0.1, -0.05) is 53.7 Å². The van der Waals surface area contributed by atoms with Gasteiger partial charge in [0.25, 0.3) is 0 Å². The van der Waals surface area contributed by atoms with Gasteiger partial charge in [-0.25, -0.2) is 4.79 Å². The Balaban J connectivity index is 1.78. The van der Waals surface area contributed by atoms with Crippen molar-refractivity contribution in [3.63, 3.8) is 0 Å². The van der Waals surface area contributed by atoms with Crippen LogP contribution in [0.25, 0.3) is 0 Å². The predicted octanol–water partition coefficient (Wildman–Crippen LogP) is 3.99. The molecule has 1 aliphatic carbocycles. The molecular weight excluding hydrogens is 302 g/mol. The minimum absolute atomic E-state index is 0.134. The number of hydrogen-bond donors (Lipinski definition) is 0. The van der Waals surface area contributed by atoms with Gasteiger partial charge in [0.05, 0.1) is 6.26 Å². The largest absolute Gasteiger partial charge is 0.457 e. The summed E-state index contributed by atoms with van der Waals surface area (Å²) >= 11 is 0. The highest BCUT2D eigenvalue weighted by Crippen LogP contribution is 2.25. The molecule has 4 nitrogen and oxygen atoms in total. The monoisotopic (exact) mass is 317 g/mol. The van der Waals surface area contributed by atoms with E-state index in [9.17, 15) is 4.79 Å². The normalized spacial score (nSPS) is 12.8. The molecule has 4 rings (SSSR count). The maximum absolute atomic E-state index is 12.0. The number of rotatable bonds is 2. The molecule has 0 saturated heterocycles. The number of carbonyl (C=O) groups excluding carboxylic acids is 1. The standard InChI is InChI=1S/C20H15NO3/c22-20(18-10-5-13-23-18)24-21-19-16-8-3-1-6-14(16)11-12-15-7-2-4-9-17(15)19/h1-10,13H,11-12H2. The van der Waals surface area contributed by atoms with Crippen molar-refractivity contribution >= 4 is 11.7 Å². The predicted molar refractivity (Wildman–Crippen MR) is 90.1 cm³/mol. The number of fused-ring (bicyclic) bond motifs is 2. The molecule has 0 atom stereocenters. The summed E-state index contributed by atoms with van der Waals surface area (Å²) in [5, 5.41) is 4.19. The lowest BCUT2D eigenvalue weighted by Gasteiger charge is -2.09. The maximum Gasteiger partial charge on any atom is 0.400 e. The van der Waals surface area contributed by atoms with E-state index in [1.54, 1.807) is 12.1 Å². The molecule has 1 aromatic heterocycles. The number of hydrogen-bond acceptors (Lipinski definition) is 4. The number of carbonyl (C=O) groups is 1. The molecule has 1 aliphatic rings.